The predicted molar refractivity (Wildman–Crippen MR) is 104 cm³/mol. The van der Waals surface area contributed by atoms with Gasteiger partial charge in [0.05, 0.1) is 12.1 Å². The highest BCUT2D eigenvalue weighted by atomic mass is 79.9. The number of carbonyl (C=O) groups is 1. The summed E-state index contributed by atoms with van der Waals surface area (Å²) in [4.78, 5) is 13.1. The molecule has 27 heavy (non-hydrogen) atoms. The zero-order chi connectivity index (χ0) is 19.1. The fourth-order valence-corrected chi connectivity index (χ4v) is 3.84. The van der Waals surface area contributed by atoms with Gasteiger partial charge in [-0.05, 0) is 59.3 Å². The van der Waals surface area contributed by atoms with Crippen molar-refractivity contribution in [2.45, 2.75) is 13.5 Å². The average Bonchev–Trinajstić information content (AvgIpc) is 3.23. The first-order valence-electron chi connectivity index (χ1n) is 8.31. The quantitative estimate of drug-likeness (QED) is 0.483. The van der Waals surface area contributed by atoms with Gasteiger partial charge in [0.15, 0.2) is 5.76 Å². The Kier molecular flexibility index (Phi) is 4.45. The molecule has 0 radical (unpaired) electrons. The molecule has 6 heteroatoms. The Morgan fingerprint density at radius 3 is 2.70 bits per heavy atom. The summed E-state index contributed by atoms with van der Waals surface area (Å²) in [7, 11) is 0. The van der Waals surface area contributed by atoms with Crippen molar-refractivity contribution in [2.24, 2.45) is 0 Å². The molecular formula is C21H15BrFNO3. The molecule has 2 aromatic carbocycles. The van der Waals surface area contributed by atoms with Crippen molar-refractivity contribution in [2.75, 3.05) is 0 Å². The standard InChI is InChI=1S/C21H15BrFNO3/c1-12-16(11-25)14-4-2-3-5-18(14)24(12)21(26)20-9-8-19(27-20)15-7-6-13(23)10-17(15)22/h2-10,25H,11H2,1H3. The van der Waals surface area contributed by atoms with Gasteiger partial charge in [-0.25, -0.2) is 4.39 Å². The van der Waals surface area contributed by atoms with Gasteiger partial charge in [-0.1, -0.05) is 18.2 Å². The second kappa shape index (κ2) is 6.79. The van der Waals surface area contributed by atoms with Crippen LogP contribution in [0.1, 0.15) is 21.8 Å². The van der Waals surface area contributed by atoms with E-state index >= 15 is 0 Å². The molecule has 0 unspecified atom stereocenters. The topological polar surface area (TPSA) is 55.4 Å². The molecule has 0 atom stereocenters. The average molecular weight is 428 g/mol. The summed E-state index contributed by atoms with van der Waals surface area (Å²) in [5, 5.41) is 10.5. The predicted octanol–water partition coefficient (Wildman–Crippen LogP) is 5.29. The summed E-state index contributed by atoms with van der Waals surface area (Å²) in [5.74, 6) is -0.0661. The van der Waals surface area contributed by atoms with E-state index in [0.717, 1.165) is 5.39 Å². The molecule has 4 nitrogen and oxygen atoms in total. The minimum Gasteiger partial charge on any atom is -0.451 e. The van der Waals surface area contributed by atoms with E-state index in [0.29, 0.717) is 32.6 Å². The molecule has 4 rings (SSSR count). The van der Waals surface area contributed by atoms with Gasteiger partial charge in [0.25, 0.3) is 5.91 Å². The number of para-hydroxylation sites is 1. The van der Waals surface area contributed by atoms with Gasteiger partial charge in [0.1, 0.15) is 11.6 Å². The molecule has 1 N–H and O–H groups in total. The van der Waals surface area contributed by atoms with Gasteiger partial charge < -0.3 is 9.52 Å². The van der Waals surface area contributed by atoms with E-state index in [1.165, 1.54) is 12.1 Å². The van der Waals surface area contributed by atoms with Crippen LogP contribution in [0.25, 0.3) is 22.2 Å². The Bertz CT molecular complexity index is 1180. The zero-order valence-corrected chi connectivity index (χ0v) is 16.0. The smallest absolute Gasteiger partial charge is 0.298 e. The van der Waals surface area contributed by atoms with Crippen LogP contribution in [-0.4, -0.2) is 15.6 Å². The highest BCUT2D eigenvalue weighted by molar-refractivity contribution is 9.10. The highest BCUT2D eigenvalue weighted by Crippen LogP contribution is 2.32. The van der Waals surface area contributed by atoms with Crippen LogP contribution in [0.2, 0.25) is 0 Å². The third-order valence-electron chi connectivity index (χ3n) is 4.62. The lowest BCUT2D eigenvalue weighted by atomic mass is 10.1. The van der Waals surface area contributed by atoms with Gasteiger partial charge in [0.2, 0.25) is 0 Å². The van der Waals surface area contributed by atoms with Crippen LogP contribution < -0.4 is 0 Å². The van der Waals surface area contributed by atoms with Crippen LogP contribution in [0, 0.1) is 12.7 Å². The monoisotopic (exact) mass is 427 g/mol. The van der Waals surface area contributed by atoms with Gasteiger partial charge in [-0.15, -0.1) is 0 Å². The second-order valence-electron chi connectivity index (χ2n) is 6.17. The maximum absolute atomic E-state index is 13.3. The number of fused-ring (bicyclic) bond motifs is 1. The largest absolute Gasteiger partial charge is 0.451 e. The van der Waals surface area contributed by atoms with Gasteiger partial charge in [0, 0.05) is 26.7 Å². The lowest BCUT2D eigenvalue weighted by Gasteiger charge is -2.05. The first kappa shape index (κ1) is 17.7. The summed E-state index contributed by atoms with van der Waals surface area (Å²) in [6, 6.07) is 15.0. The maximum atomic E-state index is 13.3. The number of hydrogen-bond acceptors (Lipinski definition) is 3. The second-order valence-corrected chi connectivity index (χ2v) is 7.02. The first-order chi connectivity index (χ1) is 13.0. The number of nitrogens with zero attached hydrogens (tertiary/aromatic N) is 1. The minimum absolute atomic E-state index is 0.154. The van der Waals surface area contributed by atoms with Crippen LogP contribution in [0.5, 0.6) is 0 Å². The summed E-state index contributed by atoms with van der Waals surface area (Å²) >= 11 is 3.31. The molecular weight excluding hydrogens is 413 g/mol. The van der Waals surface area contributed by atoms with Crippen molar-refractivity contribution in [3.8, 4) is 11.3 Å². The fourth-order valence-electron chi connectivity index (χ4n) is 3.29. The third kappa shape index (κ3) is 2.91. The molecule has 4 aromatic rings. The van der Waals surface area contributed by atoms with Crippen LogP contribution in [0.3, 0.4) is 0 Å². The number of carbonyl (C=O) groups excluding carboxylic acids is 1. The van der Waals surface area contributed by atoms with Crippen molar-refractivity contribution in [1.82, 2.24) is 4.57 Å². The summed E-state index contributed by atoms with van der Waals surface area (Å²) < 4.78 is 21.2. The zero-order valence-electron chi connectivity index (χ0n) is 14.4. The Hall–Kier alpha value is -2.70. The molecule has 0 saturated carbocycles. The molecule has 0 aliphatic carbocycles. The number of aliphatic hydroxyl groups excluding tert-OH is 1. The summed E-state index contributed by atoms with van der Waals surface area (Å²) in [6.07, 6.45) is 0. The molecule has 0 bridgehead atoms. The molecule has 0 fully saturated rings. The SMILES string of the molecule is Cc1c(CO)c2ccccc2n1C(=O)c1ccc(-c2ccc(F)cc2Br)o1. The summed E-state index contributed by atoms with van der Waals surface area (Å²) in [6.45, 7) is 1.64. The van der Waals surface area contributed by atoms with E-state index in [9.17, 15) is 14.3 Å². The number of aliphatic hydroxyl groups is 1. The Morgan fingerprint density at radius 2 is 1.96 bits per heavy atom. The van der Waals surface area contributed by atoms with E-state index in [1.54, 1.807) is 29.7 Å². The third-order valence-corrected chi connectivity index (χ3v) is 5.27. The van der Waals surface area contributed by atoms with Crippen LogP contribution in [0.15, 0.2) is 63.5 Å². The highest BCUT2D eigenvalue weighted by Gasteiger charge is 2.22. The van der Waals surface area contributed by atoms with E-state index in [-0.39, 0.29) is 24.1 Å². The number of benzene rings is 2. The van der Waals surface area contributed by atoms with Crippen molar-refractivity contribution < 1.29 is 18.7 Å². The molecule has 0 aliphatic heterocycles. The Labute approximate surface area is 163 Å². The van der Waals surface area contributed by atoms with Crippen molar-refractivity contribution in [3.05, 3.63) is 81.9 Å². The molecule has 136 valence electrons. The molecule has 0 amide bonds. The van der Waals surface area contributed by atoms with E-state index < -0.39 is 0 Å². The van der Waals surface area contributed by atoms with Gasteiger partial charge in [-0.2, -0.15) is 0 Å². The van der Waals surface area contributed by atoms with Gasteiger partial charge >= 0.3 is 0 Å². The molecule has 0 spiro atoms. The molecule has 2 heterocycles. The number of aromatic nitrogens is 1. The lowest BCUT2D eigenvalue weighted by molar-refractivity contribution is 0.0936. The number of rotatable bonds is 3. The molecule has 2 aromatic heterocycles. The fraction of sp³-hybridized carbons (Fsp3) is 0.0952. The Morgan fingerprint density at radius 1 is 1.19 bits per heavy atom. The van der Waals surface area contributed by atoms with Crippen LogP contribution in [0.4, 0.5) is 4.39 Å². The van der Waals surface area contributed by atoms with Crippen molar-refractivity contribution in [1.29, 1.82) is 0 Å². The van der Waals surface area contributed by atoms with E-state index in [2.05, 4.69) is 15.9 Å². The normalized spacial score (nSPS) is 11.3. The minimum atomic E-state index is -0.362. The van der Waals surface area contributed by atoms with Crippen LogP contribution >= 0.6 is 15.9 Å². The Balaban J connectivity index is 1.80. The van der Waals surface area contributed by atoms with Gasteiger partial charge in [-0.3, -0.25) is 9.36 Å². The van der Waals surface area contributed by atoms with E-state index in [1.807, 2.05) is 24.3 Å². The van der Waals surface area contributed by atoms with Crippen molar-refractivity contribution >= 4 is 32.7 Å². The number of furan rings is 1. The lowest BCUT2D eigenvalue weighted by Crippen LogP contribution is -2.12. The molecule has 0 saturated heterocycles. The van der Waals surface area contributed by atoms with Crippen LogP contribution in [-0.2, 0) is 6.61 Å². The number of halogens is 2. The first-order valence-corrected chi connectivity index (χ1v) is 9.10. The van der Waals surface area contributed by atoms with Crippen molar-refractivity contribution in [3.63, 3.8) is 0 Å². The van der Waals surface area contributed by atoms with E-state index in [4.69, 9.17) is 4.42 Å². The summed E-state index contributed by atoms with van der Waals surface area (Å²) in [5.41, 5.74) is 2.75. The number of hydrogen-bond donors (Lipinski definition) is 1. The molecule has 0 aliphatic rings. The maximum Gasteiger partial charge on any atom is 0.298 e.